The summed E-state index contributed by atoms with van der Waals surface area (Å²) in [7, 11) is 0. The third-order valence-electron chi connectivity index (χ3n) is 3.96. The third kappa shape index (κ3) is 2.02. The minimum atomic E-state index is -0.340. The van der Waals surface area contributed by atoms with E-state index in [0.717, 1.165) is 39.1 Å². The van der Waals surface area contributed by atoms with Crippen molar-refractivity contribution in [2.45, 2.75) is 18.9 Å². The zero-order valence-corrected chi connectivity index (χ0v) is 10.4. The van der Waals surface area contributed by atoms with Crippen molar-refractivity contribution in [3.8, 4) is 0 Å². The molecule has 1 aromatic rings. The van der Waals surface area contributed by atoms with E-state index in [-0.39, 0.29) is 5.91 Å². The van der Waals surface area contributed by atoms with E-state index < -0.39 is 0 Å². The summed E-state index contributed by atoms with van der Waals surface area (Å²) in [4.78, 5) is 13.7. The number of rotatable bonds is 2. The van der Waals surface area contributed by atoms with Gasteiger partial charge in [0.25, 0.3) is 0 Å². The summed E-state index contributed by atoms with van der Waals surface area (Å²) < 4.78 is 5.39. The maximum Gasteiger partial charge on any atom is 0.248 e. The fourth-order valence-electron chi connectivity index (χ4n) is 3.02. The van der Waals surface area contributed by atoms with E-state index in [1.54, 1.807) is 0 Å². The zero-order chi connectivity index (χ0) is 12.5. The molecule has 1 heterocycles. The molecule has 2 aliphatic rings. The topological polar surface area (TPSA) is 55.6 Å². The number of morpholine rings is 1. The highest BCUT2D eigenvalue weighted by Gasteiger charge is 2.29. The molecule has 1 unspecified atom stereocenters. The number of nitrogens with two attached hydrogens (primary N) is 1. The number of amides is 1. The van der Waals surface area contributed by atoms with E-state index in [0.29, 0.717) is 11.6 Å². The summed E-state index contributed by atoms with van der Waals surface area (Å²) in [5, 5.41) is 0. The Hall–Kier alpha value is -1.39. The van der Waals surface area contributed by atoms with Crippen LogP contribution in [0.4, 0.5) is 0 Å². The van der Waals surface area contributed by atoms with Crippen molar-refractivity contribution in [2.24, 2.45) is 5.73 Å². The highest BCUT2D eigenvalue weighted by atomic mass is 16.5. The van der Waals surface area contributed by atoms with Gasteiger partial charge in [0.05, 0.1) is 13.2 Å². The van der Waals surface area contributed by atoms with Gasteiger partial charge in [-0.05, 0) is 36.1 Å². The highest BCUT2D eigenvalue weighted by molar-refractivity contribution is 5.93. The molecule has 1 amide bonds. The number of primary amides is 1. The van der Waals surface area contributed by atoms with E-state index in [4.69, 9.17) is 10.5 Å². The van der Waals surface area contributed by atoms with Crippen molar-refractivity contribution in [1.82, 2.24) is 4.90 Å². The minimum absolute atomic E-state index is 0.340. The summed E-state index contributed by atoms with van der Waals surface area (Å²) in [6, 6.07) is 6.37. The van der Waals surface area contributed by atoms with Gasteiger partial charge in [0, 0.05) is 24.7 Å². The number of aryl methyl sites for hydroxylation is 1. The summed E-state index contributed by atoms with van der Waals surface area (Å²) in [5.74, 6) is -0.340. The van der Waals surface area contributed by atoms with Crippen LogP contribution in [0.25, 0.3) is 0 Å². The number of fused-ring (bicyclic) bond motifs is 1. The second-order valence-corrected chi connectivity index (χ2v) is 4.98. The smallest absolute Gasteiger partial charge is 0.248 e. The van der Waals surface area contributed by atoms with Gasteiger partial charge in [-0.15, -0.1) is 0 Å². The van der Waals surface area contributed by atoms with Crippen LogP contribution >= 0.6 is 0 Å². The Balaban J connectivity index is 1.85. The number of hydrogen-bond acceptors (Lipinski definition) is 3. The normalized spacial score (nSPS) is 23.9. The Morgan fingerprint density at radius 3 is 2.83 bits per heavy atom. The molecule has 0 radical (unpaired) electrons. The lowest BCUT2D eigenvalue weighted by molar-refractivity contribution is 0.0164. The summed E-state index contributed by atoms with van der Waals surface area (Å²) in [5.41, 5.74) is 8.58. The maximum absolute atomic E-state index is 11.2. The predicted molar refractivity (Wildman–Crippen MR) is 68.4 cm³/mol. The van der Waals surface area contributed by atoms with Gasteiger partial charge >= 0.3 is 0 Å². The molecule has 2 N–H and O–H groups in total. The van der Waals surface area contributed by atoms with Gasteiger partial charge in [0.15, 0.2) is 0 Å². The lowest BCUT2D eigenvalue weighted by atomic mass is 10.0. The Labute approximate surface area is 107 Å². The van der Waals surface area contributed by atoms with Crippen molar-refractivity contribution in [3.05, 3.63) is 34.9 Å². The van der Waals surface area contributed by atoms with Crippen LogP contribution in [0.5, 0.6) is 0 Å². The molecule has 0 aromatic heterocycles. The van der Waals surface area contributed by atoms with Gasteiger partial charge in [0.1, 0.15) is 0 Å². The molecule has 1 atom stereocenters. The van der Waals surface area contributed by atoms with Crippen molar-refractivity contribution in [1.29, 1.82) is 0 Å². The number of carbonyl (C=O) groups excluding carboxylic acids is 1. The SMILES string of the molecule is NC(=O)c1ccc2c(c1)CCC2N1CCOCC1. The minimum Gasteiger partial charge on any atom is -0.379 e. The van der Waals surface area contributed by atoms with Crippen LogP contribution in [0.15, 0.2) is 18.2 Å². The Morgan fingerprint density at radius 1 is 1.33 bits per heavy atom. The molecule has 0 spiro atoms. The van der Waals surface area contributed by atoms with E-state index in [9.17, 15) is 4.79 Å². The molecule has 3 rings (SSSR count). The zero-order valence-electron chi connectivity index (χ0n) is 10.4. The van der Waals surface area contributed by atoms with Crippen molar-refractivity contribution in [3.63, 3.8) is 0 Å². The largest absolute Gasteiger partial charge is 0.379 e. The fraction of sp³-hybridized carbons (Fsp3) is 0.500. The first-order valence-corrected chi connectivity index (χ1v) is 6.50. The maximum atomic E-state index is 11.2. The van der Waals surface area contributed by atoms with Crippen molar-refractivity contribution >= 4 is 5.91 Å². The molecule has 4 nitrogen and oxygen atoms in total. The molecule has 4 heteroatoms. The molecule has 0 bridgehead atoms. The Kier molecular flexibility index (Phi) is 3.06. The van der Waals surface area contributed by atoms with Crippen LogP contribution in [-0.2, 0) is 11.2 Å². The van der Waals surface area contributed by atoms with Gasteiger partial charge in [-0.3, -0.25) is 9.69 Å². The standard InChI is InChI=1S/C14H18N2O2/c15-14(17)11-1-3-12-10(9-11)2-4-13(12)16-5-7-18-8-6-16/h1,3,9,13H,2,4-8H2,(H2,15,17). The lowest BCUT2D eigenvalue weighted by Crippen LogP contribution is -2.38. The molecule has 18 heavy (non-hydrogen) atoms. The lowest BCUT2D eigenvalue weighted by Gasteiger charge is -2.32. The van der Waals surface area contributed by atoms with Crippen LogP contribution in [-0.4, -0.2) is 37.1 Å². The molecular weight excluding hydrogens is 228 g/mol. The molecule has 1 aromatic carbocycles. The average molecular weight is 246 g/mol. The third-order valence-corrected chi connectivity index (χ3v) is 3.96. The van der Waals surface area contributed by atoms with Crippen LogP contribution in [0.2, 0.25) is 0 Å². The first-order chi connectivity index (χ1) is 8.75. The quantitative estimate of drug-likeness (QED) is 0.850. The van der Waals surface area contributed by atoms with Gasteiger partial charge in [-0.2, -0.15) is 0 Å². The molecule has 1 saturated heterocycles. The van der Waals surface area contributed by atoms with Gasteiger partial charge in [0.2, 0.25) is 5.91 Å². The summed E-state index contributed by atoms with van der Waals surface area (Å²) in [6.07, 6.45) is 2.18. The van der Waals surface area contributed by atoms with Crippen LogP contribution < -0.4 is 5.73 Å². The average Bonchev–Trinajstić information content (AvgIpc) is 2.82. The van der Waals surface area contributed by atoms with E-state index in [2.05, 4.69) is 11.0 Å². The van der Waals surface area contributed by atoms with Crippen molar-refractivity contribution in [2.75, 3.05) is 26.3 Å². The molecule has 1 fully saturated rings. The Morgan fingerprint density at radius 2 is 2.11 bits per heavy atom. The number of ether oxygens (including phenoxy) is 1. The van der Waals surface area contributed by atoms with Gasteiger partial charge < -0.3 is 10.5 Å². The van der Waals surface area contributed by atoms with Crippen LogP contribution in [0.3, 0.4) is 0 Å². The van der Waals surface area contributed by atoms with E-state index in [1.165, 1.54) is 11.1 Å². The number of carbonyl (C=O) groups is 1. The van der Waals surface area contributed by atoms with E-state index >= 15 is 0 Å². The van der Waals surface area contributed by atoms with E-state index in [1.807, 2.05) is 12.1 Å². The molecule has 0 saturated carbocycles. The first kappa shape index (κ1) is 11.7. The van der Waals surface area contributed by atoms with Gasteiger partial charge in [-0.1, -0.05) is 6.07 Å². The second kappa shape index (κ2) is 4.71. The molecule has 1 aliphatic carbocycles. The number of nitrogens with zero attached hydrogens (tertiary/aromatic N) is 1. The number of benzene rings is 1. The van der Waals surface area contributed by atoms with Crippen LogP contribution in [0.1, 0.15) is 33.9 Å². The molecule has 96 valence electrons. The van der Waals surface area contributed by atoms with Gasteiger partial charge in [-0.25, -0.2) is 0 Å². The number of hydrogen-bond donors (Lipinski definition) is 1. The Bertz CT molecular complexity index is 467. The molecule has 1 aliphatic heterocycles. The predicted octanol–water partition coefficient (Wildman–Crippen LogP) is 1.10. The van der Waals surface area contributed by atoms with Crippen molar-refractivity contribution < 1.29 is 9.53 Å². The monoisotopic (exact) mass is 246 g/mol. The van der Waals surface area contributed by atoms with Crippen LogP contribution in [0, 0.1) is 0 Å². The fourth-order valence-corrected chi connectivity index (χ4v) is 3.02. The second-order valence-electron chi connectivity index (χ2n) is 4.98. The summed E-state index contributed by atoms with van der Waals surface area (Å²) in [6.45, 7) is 3.65. The molecular formula is C14H18N2O2. The summed E-state index contributed by atoms with van der Waals surface area (Å²) >= 11 is 0. The first-order valence-electron chi connectivity index (χ1n) is 6.50. The highest BCUT2D eigenvalue weighted by Crippen LogP contribution is 2.36.